The zero-order valence-electron chi connectivity index (χ0n) is 13.1. The molecule has 0 bridgehead atoms. The lowest BCUT2D eigenvalue weighted by atomic mass is 10.3. The Morgan fingerprint density at radius 1 is 1.36 bits per heavy atom. The molecule has 0 aliphatic heterocycles. The number of terminal acetylenes is 1. The highest BCUT2D eigenvalue weighted by molar-refractivity contribution is 5.79. The molecule has 0 radical (unpaired) electrons. The molecule has 22 heavy (non-hydrogen) atoms. The number of pyridine rings is 1. The molecule has 0 unspecified atom stereocenters. The SMILES string of the molecule is C#CCNC(=NC)NCc1ccc(-n2nc(C)cc2C)nc1. The highest BCUT2D eigenvalue weighted by Crippen LogP contribution is 2.10. The first-order chi connectivity index (χ1) is 10.6. The van der Waals surface area contributed by atoms with Crippen molar-refractivity contribution in [2.45, 2.75) is 20.4 Å². The number of aryl methyl sites for hydroxylation is 2. The van der Waals surface area contributed by atoms with E-state index in [4.69, 9.17) is 6.42 Å². The minimum atomic E-state index is 0.439. The van der Waals surface area contributed by atoms with E-state index in [1.54, 1.807) is 7.05 Å². The summed E-state index contributed by atoms with van der Waals surface area (Å²) in [5.41, 5.74) is 3.09. The highest BCUT2D eigenvalue weighted by atomic mass is 15.3. The van der Waals surface area contributed by atoms with Crippen molar-refractivity contribution in [3.05, 3.63) is 41.3 Å². The van der Waals surface area contributed by atoms with Gasteiger partial charge in [-0.2, -0.15) is 5.10 Å². The van der Waals surface area contributed by atoms with Gasteiger partial charge in [0.1, 0.15) is 0 Å². The molecule has 0 saturated heterocycles. The fourth-order valence-electron chi connectivity index (χ4n) is 2.05. The number of hydrogen-bond donors (Lipinski definition) is 2. The Kier molecular flexibility index (Phi) is 5.15. The maximum atomic E-state index is 5.21. The summed E-state index contributed by atoms with van der Waals surface area (Å²) in [6.45, 7) is 5.04. The minimum absolute atomic E-state index is 0.439. The third-order valence-electron chi connectivity index (χ3n) is 3.08. The Labute approximate surface area is 130 Å². The lowest BCUT2D eigenvalue weighted by molar-refractivity contribution is 0.797. The monoisotopic (exact) mass is 296 g/mol. The Bertz CT molecular complexity index is 690. The Hall–Kier alpha value is -2.81. The zero-order valence-corrected chi connectivity index (χ0v) is 13.1. The van der Waals surface area contributed by atoms with Crippen molar-refractivity contribution < 1.29 is 0 Å². The van der Waals surface area contributed by atoms with E-state index in [1.807, 2.05) is 42.9 Å². The van der Waals surface area contributed by atoms with E-state index in [0.29, 0.717) is 19.0 Å². The van der Waals surface area contributed by atoms with Crippen LogP contribution in [0, 0.1) is 26.2 Å². The van der Waals surface area contributed by atoms with Crippen molar-refractivity contribution in [1.82, 2.24) is 25.4 Å². The number of nitrogens with one attached hydrogen (secondary N) is 2. The summed E-state index contributed by atoms with van der Waals surface area (Å²) in [6.07, 6.45) is 7.04. The van der Waals surface area contributed by atoms with Gasteiger partial charge in [0.2, 0.25) is 0 Å². The molecular formula is C16H20N6. The molecule has 6 nitrogen and oxygen atoms in total. The normalized spacial score (nSPS) is 11.1. The average Bonchev–Trinajstić information content (AvgIpc) is 2.87. The van der Waals surface area contributed by atoms with Crippen LogP contribution in [0.2, 0.25) is 0 Å². The van der Waals surface area contributed by atoms with Crippen molar-refractivity contribution in [3.63, 3.8) is 0 Å². The number of hydrogen-bond acceptors (Lipinski definition) is 3. The molecule has 0 aliphatic carbocycles. The summed E-state index contributed by atoms with van der Waals surface area (Å²) >= 11 is 0. The number of nitrogens with zero attached hydrogens (tertiary/aromatic N) is 4. The maximum Gasteiger partial charge on any atom is 0.192 e. The van der Waals surface area contributed by atoms with Gasteiger partial charge in [0.05, 0.1) is 12.2 Å². The largest absolute Gasteiger partial charge is 0.352 e. The minimum Gasteiger partial charge on any atom is -0.352 e. The molecular weight excluding hydrogens is 276 g/mol. The first-order valence-electron chi connectivity index (χ1n) is 7.00. The van der Waals surface area contributed by atoms with Crippen LogP contribution in [0.4, 0.5) is 0 Å². The van der Waals surface area contributed by atoms with Gasteiger partial charge in [-0.1, -0.05) is 12.0 Å². The number of guanidine groups is 1. The van der Waals surface area contributed by atoms with Crippen LogP contribution in [-0.2, 0) is 6.54 Å². The summed E-state index contributed by atoms with van der Waals surface area (Å²) in [6, 6.07) is 5.99. The second kappa shape index (κ2) is 7.27. The third kappa shape index (κ3) is 3.85. The molecule has 2 aromatic rings. The average molecular weight is 296 g/mol. The third-order valence-corrected chi connectivity index (χ3v) is 3.08. The van der Waals surface area contributed by atoms with Gasteiger partial charge in [-0.15, -0.1) is 6.42 Å². The summed E-state index contributed by atoms with van der Waals surface area (Å²) in [5.74, 6) is 3.99. The van der Waals surface area contributed by atoms with E-state index >= 15 is 0 Å². The molecule has 0 fully saturated rings. The highest BCUT2D eigenvalue weighted by Gasteiger charge is 2.05. The summed E-state index contributed by atoms with van der Waals surface area (Å²) in [5, 5.41) is 10.6. The molecule has 2 N–H and O–H groups in total. The molecule has 6 heteroatoms. The zero-order chi connectivity index (χ0) is 15.9. The van der Waals surface area contributed by atoms with Gasteiger partial charge in [-0.05, 0) is 31.5 Å². The fraction of sp³-hybridized carbons (Fsp3) is 0.312. The van der Waals surface area contributed by atoms with Crippen molar-refractivity contribution in [2.75, 3.05) is 13.6 Å². The number of aromatic nitrogens is 3. The molecule has 0 amide bonds. The van der Waals surface area contributed by atoms with E-state index in [1.165, 1.54) is 0 Å². The van der Waals surface area contributed by atoms with Gasteiger partial charge in [-0.3, -0.25) is 4.99 Å². The summed E-state index contributed by atoms with van der Waals surface area (Å²) < 4.78 is 1.83. The smallest absolute Gasteiger partial charge is 0.192 e. The van der Waals surface area contributed by atoms with E-state index in [9.17, 15) is 0 Å². The molecule has 0 aromatic carbocycles. The van der Waals surface area contributed by atoms with E-state index < -0.39 is 0 Å². The molecule has 2 heterocycles. The fourth-order valence-corrected chi connectivity index (χ4v) is 2.05. The molecule has 2 aromatic heterocycles. The molecule has 2 rings (SSSR count). The Morgan fingerprint density at radius 3 is 2.73 bits per heavy atom. The van der Waals surface area contributed by atoms with Gasteiger partial charge in [0.15, 0.2) is 11.8 Å². The molecule has 0 spiro atoms. The van der Waals surface area contributed by atoms with Crippen LogP contribution in [0.3, 0.4) is 0 Å². The maximum absolute atomic E-state index is 5.21. The van der Waals surface area contributed by atoms with Gasteiger partial charge in [0.25, 0.3) is 0 Å². The quantitative estimate of drug-likeness (QED) is 0.505. The van der Waals surface area contributed by atoms with Gasteiger partial charge < -0.3 is 10.6 Å². The van der Waals surface area contributed by atoms with Gasteiger partial charge in [-0.25, -0.2) is 9.67 Å². The molecule has 0 saturated carbocycles. The van der Waals surface area contributed by atoms with E-state index in [0.717, 1.165) is 22.8 Å². The van der Waals surface area contributed by atoms with Crippen LogP contribution in [-0.4, -0.2) is 34.3 Å². The van der Waals surface area contributed by atoms with Crippen LogP contribution in [0.5, 0.6) is 0 Å². The van der Waals surface area contributed by atoms with Crippen molar-refractivity contribution in [3.8, 4) is 18.2 Å². The lowest BCUT2D eigenvalue weighted by Gasteiger charge is -2.10. The molecule has 0 aliphatic rings. The Balaban J connectivity index is 2.01. The van der Waals surface area contributed by atoms with Crippen LogP contribution in [0.25, 0.3) is 5.82 Å². The van der Waals surface area contributed by atoms with Gasteiger partial charge in [0, 0.05) is 25.5 Å². The summed E-state index contributed by atoms with van der Waals surface area (Å²) in [7, 11) is 1.70. The topological polar surface area (TPSA) is 67.1 Å². The number of rotatable bonds is 4. The van der Waals surface area contributed by atoms with Crippen molar-refractivity contribution >= 4 is 5.96 Å². The Morgan fingerprint density at radius 2 is 2.18 bits per heavy atom. The van der Waals surface area contributed by atoms with Crippen LogP contribution in [0.15, 0.2) is 29.4 Å². The first-order valence-corrected chi connectivity index (χ1v) is 7.00. The second-order valence-electron chi connectivity index (χ2n) is 4.85. The van der Waals surface area contributed by atoms with Crippen LogP contribution < -0.4 is 10.6 Å². The summed E-state index contributed by atoms with van der Waals surface area (Å²) in [4.78, 5) is 8.54. The lowest BCUT2D eigenvalue weighted by Crippen LogP contribution is -2.36. The molecule has 114 valence electrons. The van der Waals surface area contributed by atoms with Crippen LogP contribution in [0.1, 0.15) is 17.0 Å². The second-order valence-corrected chi connectivity index (χ2v) is 4.85. The van der Waals surface area contributed by atoms with Crippen molar-refractivity contribution in [1.29, 1.82) is 0 Å². The number of aliphatic imine (C=N–C) groups is 1. The molecule has 0 atom stereocenters. The first kappa shape index (κ1) is 15.6. The van der Waals surface area contributed by atoms with Crippen molar-refractivity contribution in [2.24, 2.45) is 4.99 Å². The van der Waals surface area contributed by atoms with Gasteiger partial charge >= 0.3 is 0 Å². The predicted molar refractivity (Wildman–Crippen MR) is 87.9 cm³/mol. The van der Waals surface area contributed by atoms with Crippen LogP contribution >= 0.6 is 0 Å². The van der Waals surface area contributed by atoms with E-state index in [2.05, 4.69) is 31.6 Å². The predicted octanol–water partition coefficient (Wildman–Crippen LogP) is 1.18. The standard InChI is InChI=1S/C16H20N6/c1-5-8-18-16(17-4)20-11-14-6-7-15(19-10-14)22-13(3)9-12(2)21-22/h1,6-7,9-10H,8,11H2,2-4H3,(H2,17,18,20). The van der Waals surface area contributed by atoms with E-state index in [-0.39, 0.29) is 0 Å².